The number of rotatable bonds is 4. The zero-order valence-corrected chi connectivity index (χ0v) is 16.7. The predicted molar refractivity (Wildman–Crippen MR) is 109 cm³/mol. The van der Waals surface area contributed by atoms with Crippen molar-refractivity contribution < 1.29 is 14.3 Å². The molecule has 2 aromatic heterocycles. The van der Waals surface area contributed by atoms with E-state index in [1.807, 2.05) is 35.9 Å². The van der Waals surface area contributed by atoms with Gasteiger partial charge in [0, 0.05) is 51.1 Å². The summed E-state index contributed by atoms with van der Waals surface area (Å²) < 4.78 is 7.82. The summed E-state index contributed by atoms with van der Waals surface area (Å²) in [5, 5.41) is 0. The average Bonchev–Trinajstić information content (AvgIpc) is 3.17. The zero-order valence-electron chi connectivity index (χ0n) is 16.7. The van der Waals surface area contributed by atoms with Gasteiger partial charge in [0.2, 0.25) is 5.91 Å². The lowest BCUT2D eigenvalue weighted by Gasteiger charge is -2.34. The van der Waals surface area contributed by atoms with Crippen molar-refractivity contribution in [1.82, 2.24) is 19.2 Å². The van der Waals surface area contributed by atoms with Crippen molar-refractivity contribution in [3.8, 4) is 5.75 Å². The maximum atomic E-state index is 12.7. The average molecular weight is 392 g/mol. The van der Waals surface area contributed by atoms with Crippen LogP contribution in [0.15, 0.2) is 48.8 Å². The molecule has 0 bridgehead atoms. The van der Waals surface area contributed by atoms with Crippen molar-refractivity contribution in [1.29, 1.82) is 0 Å². The van der Waals surface area contributed by atoms with Crippen LogP contribution in [0.25, 0.3) is 5.65 Å². The Balaban J connectivity index is 1.35. The van der Waals surface area contributed by atoms with Crippen LogP contribution in [-0.2, 0) is 11.4 Å². The van der Waals surface area contributed by atoms with Crippen molar-refractivity contribution in [2.24, 2.45) is 0 Å². The van der Waals surface area contributed by atoms with Crippen molar-refractivity contribution in [2.75, 3.05) is 26.2 Å². The van der Waals surface area contributed by atoms with E-state index in [-0.39, 0.29) is 11.8 Å². The fourth-order valence-electron chi connectivity index (χ4n) is 3.53. The summed E-state index contributed by atoms with van der Waals surface area (Å²) in [6, 6.07) is 11.2. The second kappa shape index (κ2) is 7.95. The van der Waals surface area contributed by atoms with Crippen LogP contribution in [0.2, 0.25) is 0 Å². The molecule has 7 heteroatoms. The topological polar surface area (TPSA) is 67.2 Å². The molecule has 0 saturated carbocycles. The lowest BCUT2D eigenvalue weighted by atomic mass is 10.1. The summed E-state index contributed by atoms with van der Waals surface area (Å²) in [7, 11) is 0. The van der Waals surface area contributed by atoms with Crippen molar-refractivity contribution in [3.63, 3.8) is 0 Å². The van der Waals surface area contributed by atoms with Crippen LogP contribution >= 0.6 is 0 Å². The van der Waals surface area contributed by atoms with Crippen LogP contribution < -0.4 is 4.74 Å². The molecule has 150 valence electrons. The molecule has 1 saturated heterocycles. The monoisotopic (exact) mass is 392 g/mol. The number of hydrogen-bond acceptors (Lipinski definition) is 4. The first-order chi connectivity index (χ1) is 14.0. The third-order valence-corrected chi connectivity index (χ3v) is 5.23. The summed E-state index contributed by atoms with van der Waals surface area (Å²) in [6.07, 6.45) is 3.93. The Labute approximate surface area is 169 Å². The van der Waals surface area contributed by atoms with E-state index in [0.29, 0.717) is 44.1 Å². The molecule has 1 fully saturated rings. The lowest BCUT2D eigenvalue weighted by molar-refractivity contribution is -0.130. The molecule has 3 aromatic rings. The molecule has 0 N–H and O–H groups in total. The van der Waals surface area contributed by atoms with E-state index in [1.54, 1.807) is 41.0 Å². The molecular weight excluding hydrogens is 368 g/mol. The number of aryl methyl sites for hydroxylation is 1. The first kappa shape index (κ1) is 19.0. The zero-order chi connectivity index (χ0) is 20.4. The largest absolute Gasteiger partial charge is 0.487 e. The predicted octanol–water partition coefficient (Wildman–Crippen LogP) is 2.53. The van der Waals surface area contributed by atoms with Gasteiger partial charge in [-0.25, -0.2) is 4.98 Å². The van der Waals surface area contributed by atoms with E-state index in [2.05, 4.69) is 4.98 Å². The van der Waals surface area contributed by atoms with Gasteiger partial charge in [-0.15, -0.1) is 0 Å². The quantitative estimate of drug-likeness (QED) is 0.684. The Kier molecular flexibility index (Phi) is 5.20. The Bertz CT molecular complexity index is 1030. The standard InChI is InChI=1S/C22H24N4O3/c1-16-4-3-9-26-14-19(23-21(16)26)15-29-20-7-5-18(6-8-20)22(28)25-12-10-24(11-13-25)17(2)27/h3-9,14H,10-13,15H2,1-2H3. The third-order valence-electron chi connectivity index (χ3n) is 5.23. The van der Waals surface area contributed by atoms with Gasteiger partial charge in [-0.1, -0.05) is 6.07 Å². The van der Waals surface area contributed by atoms with E-state index in [1.165, 1.54) is 0 Å². The van der Waals surface area contributed by atoms with E-state index >= 15 is 0 Å². The molecule has 1 aromatic carbocycles. The smallest absolute Gasteiger partial charge is 0.253 e. The van der Waals surface area contributed by atoms with Crippen molar-refractivity contribution in [2.45, 2.75) is 20.5 Å². The molecule has 0 aliphatic carbocycles. The normalized spacial score (nSPS) is 14.3. The highest BCUT2D eigenvalue weighted by Crippen LogP contribution is 2.17. The Morgan fingerprint density at radius 2 is 1.72 bits per heavy atom. The minimum atomic E-state index is -0.0180. The van der Waals surface area contributed by atoms with Crippen LogP contribution in [0.3, 0.4) is 0 Å². The van der Waals surface area contributed by atoms with Gasteiger partial charge in [0.25, 0.3) is 5.91 Å². The van der Waals surface area contributed by atoms with E-state index < -0.39 is 0 Å². The highest BCUT2D eigenvalue weighted by atomic mass is 16.5. The van der Waals surface area contributed by atoms with Gasteiger partial charge in [-0.2, -0.15) is 0 Å². The Morgan fingerprint density at radius 1 is 1.03 bits per heavy atom. The van der Waals surface area contributed by atoms with Crippen LogP contribution in [0, 0.1) is 6.92 Å². The van der Waals surface area contributed by atoms with Gasteiger partial charge in [0.05, 0.1) is 5.69 Å². The summed E-state index contributed by atoms with van der Waals surface area (Å²) in [5.41, 5.74) is 3.52. The second-order valence-electron chi connectivity index (χ2n) is 7.27. The SMILES string of the molecule is CC(=O)N1CCN(C(=O)c2ccc(OCc3cn4cccc(C)c4n3)cc2)CC1. The molecule has 7 nitrogen and oxygen atoms in total. The van der Waals surface area contributed by atoms with Crippen LogP contribution in [-0.4, -0.2) is 57.2 Å². The fraction of sp³-hybridized carbons (Fsp3) is 0.318. The first-order valence-electron chi connectivity index (χ1n) is 9.72. The number of nitrogens with zero attached hydrogens (tertiary/aromatic N) is 4. The number of carbonyl (C=O) groups excluding carboxylic acids is 2. The minimum Gasteiger partial charge on any atom is -0.487 e. The highest BCUT2D eigenvalue weighted by Gasteiger charge is 2.23. The van der Waals surface area contributed by atoms with Gasteiger partial charge in [-0.3, -0.25) is 9.59 Å². The van der Waals surface area contributed by atoms with E-state index in [9.17, 15) is 9.59 Å². The molecule has 0 spiro atoms. The molecule has 2 amide bonds. The summed E-state index contributed by atoms with van der Waals surface area (Å²) in [5.74, 6) is 0.728. The molecule has 1 aliphatic heterocycles. The minimum absolute atomic E-state index is 0.0180. The number of fused-ring (bicyclic) bond motifs is 1. The molecule has 29 heavy (non-hydrogen) atoms. The fourth-order valence-corrected chi connectivity index (χ4v) is 3.53. The maximum absolute atomic E-state index is 12.7. The van der Waals surface area contributed by atoms with E-state index in [0.717, 1.165) is 16.9 Å². The first-order valence-corrected chi connectivity index (χ1v) is 9.72. The highest BCUT2D eigenvalue weighted by molar-refractivity contribution is 5.94. The molecule has 0 unspecified atom stereocenters. The summed E-state index contributed by atoms with van der Waals surface area (Å²) in [4.78, 5) is 32.2. The van der Waals surface area contributed by atoms with Crippen LogP contribution in [0.1, 0.15) is 28.5 Å². The van der Waals surface area contributed by atoms with Gasteiger partial charge in [-0.05, 0) is 42.8 Å². The molecule has 0 atom stereocenters. The van der Waals surface area contributed by atoms with Gasteiger partial charge >= 0.3 is 0 Å². The van der Waals surface area contributed by atoms with Gasteiger partial charge in [0.15, 0.2) is 0 Å². The summed E-state index contributed by atoms with van der Waals surface area (Å²) in [6.45, 7) is 6.24. The number of hydrogen-bond donors (Lipinski definition) is 0. The lowest BCUT2D eigenvalue weighted by Crippen LogP contribution is -2.50. The molecule has 4 rings (SSSR count). The Hall–Kier alpha value is -3.35. The number of amides is 2. The number of carbonyl (C=O) groups is 2. The van der Waals surface area contributed by atoms with Crippen LogP contribution in [0.4, 0.5) is 0 Å². The van der Waals surface area contributed by atoms with E-state index in [4.69, 9.17) is 4.74 Å². The van der Waals surface area contributed by atoms with Crippen molar-refractivity contribution >= 4 is 17.5 Å². The van der Waals surface area contributed by atoms with Crippen molar-refractivity contribution in [3.05, 3.63) is 65.6 Å². The number of ether oxygens (including phenoxy) is 1. The number of piperazine rings is 1. The molecule has 3 heterocycles. The maximum Gasteiger partial charge on any atom is 0.253 e. The Morgan fingerprint density at radius 3 is 2.38 bits per heavy atom. The number of benzene rings is 1. The molecular formula is C22H24N4O3. The number of aromatic nitrogens is 2. The number of imidazole rings is 1. The van der Waals surface area contributed by atoms with Crippen LogP contribution in [0.5, 0.6) is 5.75 Å². The van der Waals surface area contributed by atoms with Gasteiger partial charge in [0.1, 0.15) is 18.0 Å². The second-order valence-corrected chi connectivity index (χ2v) is 7.27. The third kappa shape index (κ3) is 4.08. The molecule has 1 aliphatic rings. The van der Waals surface area contributed by atoms with Gasteiger partial charge < -0.3 is 18.9 Å². The summed E-state index contributed by atoms with van der Waals surface area (Å²) >= 11 is 0. The number of pyridine rings is 1. The molecule has 0 radical (unpaired) electrons.